The zero-order chi connectivity index (χ0) is 16.4. The number of hydrogen-bond donors (Lipinski definition) is 3. The standard InChI is InChI=1S/C17H17BrClN3O/c1-10-7-13(5-6-14(10)18)20-17(23)16-9-15(21-22-16)11-3-2-4-12(19)8-11/h2-8,15-16,21-22H,9H2,1H3,(H,20,23). The predicted molar refractivity (Wildman–Crippen MR) is 96.4 cm³/mol. The minimum Gasteiger partial charge on any atom is -0.325 e. The molecule has 3 N–H and O–H groups in total. The van der Waals surface area contributed by atoms with Gasteiger partial charge in [-0.1, -0.05) is 39.7 Å². The molecular formula is C17H17BrClN3O. The lowest BCUT2D eigenvalue weighted by atomic mass is 10.0. The van der Waals surface area contributed by atoms with Crippen molar-refractivity contribution < 1.29 is 4.79 Å². The van der Waals surface area contributed by atoms with E-state index < -0.39 is 0 Å². The molecule has 2 aromatic rings. The summed E-state index contributed by atoms with van der Waals surface area (Å²) < 4.78 is 1.03. The van der Waals surface area contributed by atoms with E-state index >= 15 is 0 Å². The molecule has 4 nitrogen and oxygen atoms in total. The van der Waals surface area contributed by atoms with Crippen LogP contribution in [0.3, 0.4) is 0 Å². The van der Waals surface area contributed by atoms with Crippen molar-refractivity contribution in [2.75, 3.05) is 5.32 Å². The lowest BCUT2D eigenvalue weighted by Crippen LogP contribution is -2.39. The summed E-state index contributed by atoms with van der Waals surface area (Å²) in [4.78, 5) is 12.4. The lowest BCUT2D eigenvalue weighted by Gasteiger charge is -2.12. The Balaban J connectivity index is 1.64. The van der Waals surface area contributed by atoms with Crippen LogP contribution >= 0.6 is 27.5 Å². The number of hydrazine groups is 1. The number of carbonyl (C=O) groups excluding carboxylic acids is 1. The van der Waals surface area contributed by atoms with E-state index in [2.05, 4.69) is 32.1 Å². The first-order chi connectivity index (χ1) is 11.0. The van der Waals surface area contributed by atoms with Crippen molar-refractivity contribution in [1.29, 1.82) is 0 Å². The molecule has 0 spiro atoms. The van der Waals surface area contributed by atoms with Crippen molar-refractivity contribution in [1.82, 2.24) is 10.9 Å². The first-order valence-electron chi connectivity index (χ1n) is 7.36. The molecule has 2 unspecified atom stereocenters. The number of amides is 1. The van der Waals surface area contributed by atoms with Gasteiger partial charge in [0.2, 0.25) is 5.91 Å². The van der Waals surface area contributed by atoms with Gasteiger partial charge >= 0.3 is 0 Å². The Bertz CT molecular complexity index is 738. The SMILES string of the molecule is Cc1cc(NC(=O)C2CC(c3cccc(Cl)c3)NN2)ccc1Br. The van der Waals surface area contributed by atoms with E-state index in [9.17, 15) is 4.79 Å². The molecule has 1 aliphatic rings. The molecule has 6 heteroatoms. The molecular weight excluding hydrogens is 378 g/mol. The van der Waals surface area contributed by atoms with Gasteiger partial charge in [-0.2, -0.15) is 0 Å². The van der Waals surface area contributed by atoms with Gasteiger partial charge in [0.05, 0.1) is 0 Å². The maximum atomic E-state index is 12.4. The maximum absolute atomic E-state index is 12.4. The van der Waals surface area contributed by atoms with Gasteiger partial charge in [-0.15, -0.1) is 0 Å². The summed E-state index contributed by atoms with van der Waals surface area (Å²) in [6, 6.07) is 13.2. The topological polar surface area (TPSA) is 53.2 Å². The zero-order valence-corrected chi connectivity index (χ0v) is 14.9. The van der Waals surface area contributed by atoms with Crippen molar-refractivity contribution >= 4 is 39.1 Å². The number of aryl methyl sites for hydroxylation is 1. The van der Waals surface area contributed by atoms with Gasteiger partial charge in [0.1, 0.15) is 6.04 Å². The van der Waals surface area contributed by atoms with E-state index in [1.54, 1.807) is 0 Å². The van der Waals surface area contributed by atoms with Crippen LogP contribution in [-0.4, -0.2) is 11.9 Å². The molecule has 23 heavy (non-hydrogen) atoms. The number of halogens is 2. The Kier molecular flexibility index (Phi) is 5.02. The van der Waals surface area contributed by atoms with Gasteiger partial charge < -0.3 is 5.32 Å². The highest BCUT2D eigenvalue weighted by molar-refractivity contribution is 9.10. The highest BCUT2D eigenvalue weighted by Gasteiger charge is 2.30. The Morgan fingerprint density at radius 2 is 2.09 bits per heavy atom. The number of nitrogens with one attached hydrogen (secondary N) is 3. The highest BCUT2D eigenvalue weighted by Crippen LogP contribution is 2.25. The van der Waals surface area contributed by atoms with Crippen LogP contribution in [0.2, 0.25) is 5.02 Å². The average molecular weight is 395 g/mol. The summed E-state index contributed by atoms with van der Waals surface area (Å²) in [5.41, 5.74) is 9.16. The molecule has 1 saturated heterocycles. The summed E-state index contributed by atoms with van der Waals surface area (Å²) in [6.07, 6.45) is 0.668. The second-order valence-corrected chi connectivity index (χ2v) is 6.93. The third kappa shape index (κ3) is 3.93. The fourth-order valence-electron chi connectivity index (χ4n) is 2.62. The van der Waals surface area contributed by atoms with Crippen molar-refractivity contribution in [2.24, 2.45) is 0 Å². The van der Waals surface area contributed by atoms with Crippen LogP contribution in [0.25, 0.3) is 0 Å². The number of rotatable bonds is 3. The van der Waals surface area contributed by atoms with Crippen molar-refractivity contribution in [3.8, 4) is 0 Å². The zero-order valence-electron chi connectivity index (χ0n) is 12.6. The predicted octanol–water partition coefficient (Wildman–Crippen LogP) is 3.96. The van der Waals surface area contributed by atoms with E-state index in [4.69, 9.17) is 11.6 Å². The number of hydrogen-bond acceptors (Lipinski definition) is 3. The van der Waals surface area contributed by atoms with Gasteiger partial charge in [-0.05, 0) is 54.8 Å². The minimum absolute atomic E-state index is 0.0521. The van der Waals surface area contributed by atoms with Crippen LogP contribution in [0.4, 0.5) is 5.69 Å². The molecule has 0 radical (unpaired) electrons. The Labute approximate surface area is 148 Å². The quantitative estimate of drug-likeness (QED) is 0.738. The van der Waals surface area contributed by atoms with E-state index in [1.807, 2.05) is 49.4 Å². The molecule has 2 aromatic carbocycles. The van der Waals surface area contributed by atoms with E-state index in [0.717, 1.165) is 21.3 Å². The second-order valence-electron chi connectivity index (χ2n) is 5.64. The van der Waals surface area contributed by atoms with Gasteiger partial charge in [-0.25, -0.2) is 10.9 Å². The molecule has 1 aliphatic heterocycles. The summed E-state index contributed by atoms with van der Waals surface area (Å²) in [7, 11) is 0. The Hall–Kier alpha value is -1.40. The minimum atomic E-state index is -0.289. The summed E-state index contributed by atoms with van der Waals surface area (Å²) >= 11 is 9.48. The molecule has 1 heterocycles. The van der Waals surface area contributed by atoms with Crippen LogP contribution in [-0.2, 0) is 4.79 Å². The summed E-state index contributed by atoms with van der Waals surface area (Å²) in [5.74, 6) is -0.0521. The number of carbonyl (C=O) groups is 1. The summed E-state index contributed by atoms with van der Waals surface area (Å²) in [5, 5.41) is 3.64. The first kappa shape index (κ1) is 16.5. The van der Waals surface area contributed by atoms with E-state index in [1.165, 1.54) is 0 Å². The summed E-state index contributed by atoms with van der Waals surface area (Å²) in [6.45, 7) is 1.99. The second kappa shape index (κ2) is 7.01. The fourth-order valence-corrected chi connectivity index (χ4v) is 3.07. The highest BCUT2D eigenvalue weighted by atomic mass is 79.9. The van der Waals surface area contributed by atoms with Crippen LogP contribution in [0.5, 0.6) is 0 Å². The average Bonchev–Trinajstić information content (AvgIpc) is 3.01. The largest absolute Gasteiger partial charge is 0.325 e. The number of benzene rings is 2. The molecule has 0 bridgehead atoms. The molecule has 0 aromatic heterocycles. The molecule has 3 rings (SSSR count). The van der Waals surface area contributed by atoms with E-state index in [-0.39, 0.29) is 18.0 Å². The van der Waals surface area contributed by atoms with Gasteiger partial charge in [0.25, 0.3) is 0 Å². The fraction of sp³-hybridized carbons (Fsp3) is 0.235. The third-order valence-electron chi connectivity index (χ3n) is 3.90. The molecule has 2 atom stereocenters. The first-order valence-corrected chi connectivity index (χ1v) is 8.53. The van der Waals surface area contributed by atoms with Crippen LogP contribution in [0.15, 0.2) is 46.9 Å². The van der Waals surface area contributed by atoms with Crippen molar-refractivity contribution in [3.05, 3.63) is 63.1 Å². The van der Waals surface area contributed by atoms with Crippen molar-refractivity contribution in [3.63, 3.8) is 0 Å². The Morgan fingerprint density at radius 1 is 1.26 bits per heavy atom. The lowest BCUT2D eigenvalue weighted by molar-refractivity contribution is -0.117. The van der Waals surface area contributed by atoms with Gasteiger partial charge in [-0.3, -0.25) is 4.79 Å². The smallest absolute Gasteiger partial charge is 0.242 e. The van der Waals surface area contributed by atoms with Gasteiger partial charge in [0.15, 0.2) is 0 Å². The van der Waals surface area contributed by atoms with Crippen LogP contribution < -0.4 is 16.2 Å². The van der Waals surface area contributed by atoms with Gasteiger partial charge in [0, 0.05) is 21.2 Å². The van der Waals surface area contributed by atoms with E-state index in [0.29, 0.717) is 11.4 Å². The third-order valence-corrected chi connectivity index (χ3v) is 5.02. The molecule has 120 valence electrons. The molecule has 1 amide bonds. The Morgan fingerprint density at radius 3 is 2.83 bits per heavy atom. The molecule has 0 saturated carbocycles. The van der Waals surface area contributed by atoms with Crippen molar-refractivity contribution in [2.45, 2.75) is 25.4 Å². The molecule has 0 aliphatic carbocycles. The van der Waals surface area contributed by atoms with Crippen LogP contribution in [0, 0.1) is 6.92 Å². The van der Waals surface area contributed by atoms with Crippen LogP contribution in [0.1, 0.15) is 23.6 Å². The maximum Gasteiger partial charge on any atom is 0.242 e. The normalized spacial score (nSPS) is 20.5. The molecule has 1 fully saturated rings. The number of anilines is 1. The monoisotopic (exact) mass is 393 g/mol.